The van der Waals surface area contributed by atoms with Gasteiger partial charge in [-0.05, 0) is 68.1 Å². The van der Waals surface area contributed by atoms with Crippen molar-refractivity contribution in [3.63, 3.8) is 0 Å². The van der Waals surface area contributed by atoms with Crippen molar-refractivity contribution in [2.75, 3.05) is 6.61 Å². The average molecular weight is 400 g/mol. The van der Waals surface area contributed by atoms with Gasteiger partial charge in [0.05, 0.1) is 15.6 Å². The van der Waals surface area contributed by atoms with Crippen LogP contribution in [0.25, 0.3) is 0 Å². The Morgan fingerprint density at radius 1 is 1.15 bits per heavy atom. The van der Waals surface area contributed by atoms with Crippen LogP contribution in [0.4, 0.5) is 0 Å². The van der Waals surface area contributed by atoms with Crippen molar-refractivity contribution >= 4 is 31.9 Å². The standard InChI is InChI=1S/C15H16Br2N2O/c1-2-20-15-13(16)6-12(7-14(15)17)10-19-9-11-4-3-5-18-8-11/h3-8,19H,2,9-10H2,1H3. The Morgan fingerprint density at radius 3 is 2.45 bits per heavy atom. The van der Waals surface area contributed by atoms with Crippen molar-refractivity contribution in [1.82, 2.24) is 10.3 Å². The number of nitrogens with one attached hydrogen (secondary N) is 1. The molecule has 1 aromatic heterocycles. The molecule has 0 bridgehead atoms. The number of hydrogen-bond acceptors (Lipinski definition) is 3. The highest BCUT2D eigenvalue weighted by Gasteiger charge is 2.08. The molecular weight excluding hydrogens is 384 g/mol. The SMILES string of the molecule is CCOc1c(Br)cc(CNCc2cccnc2)cc1Br. The fourth-order valence-corrected chi connectivity index (χ4v) is 3.36. The van der Waals surface area contributed by atoms with E-state index in [1.165, 1.54) is 11.1 Å². The van der Waals surface area contributed by atoms with E-state index in [0.29, 0.717) is 6.61 Å². The molecule has 0 aliphatic heterocycles. The molecule has 2 rings (SSSR count). The zero-order valence-electron chi connectivity index (χ0n) is 11.2. The van der Waals surface area contributed by atoms with Crippen molar-refractivity contribution < 1.29 is 4.74 Å². The van der Waals surface area contributed by atoms with Crippen LogP contribution < -0.4 is 10.1 Å². The minimum absolute atomic E-state index is 0.649. The maximum Gasteiger partial charge on any atom is 0.147 e. The maximum atomic E-state index is 5.57. The lowest BCUT2D eigenvalue weighted by atomic mass is 10.2. The summed E-state index contributed by atoms with van der Waals surface area (Å²) < 4.78 is 7.50. The lowest BCUT2D eigenvalue weighted by molar-refractivity contribution is 0.336. The van der Waals surface area contributed by atoms with E-state index in [9.17, 15) is 0 Å². The molecule has 0 amide bonds. The molecule has 0 saturated heterocycles. The molecule has 20 heavy (non-hydrogen) atoms. The summed E-state index contributed by atoms with van der Waals surface area (Å²) in [4.78, 5) is 4.10. The number of ether oxygens (including phenoxy) is 1. The third kappa shape index (κ3) is 4.30. The second-order valence-corrected chi connectivity index (χ2v) is 6.00. The molecule has 0 aliphatic carbocycles. The first-order chi connectivity index (χ1) is 9.70. The third-order valence-electron chi connectivity index (χ3n) is 2.73. The van der Waals surface area contributed by atoms with Crippen LogP contribution in [0.1, 0.15) is 18.1 Å². The van der Waals surface area contributed by atoms with Crippen LogP contribution in [0, 0.1) is 0 Å². The van der Waals surface area contributed by atoms with Crippen LogP contribution in [-0.4, -0.2) is 11.6 Å². The van der Waals surface area contributed by atoms with E-state index in [1.54, 1.807) is 6.20 Å². The van der Waals surface area contributed by atoms with Gasteiger partial charge < -0.3 is 10.1 Å². The van der Waals surface area contributed by atoms with Gasteiger partial charge >= 0.3 is 0 Å². The van der Waals surface area contributed by atoms with E-state index in [-0.39, 0.29) is 0 Å². The number of halogens is 2. The van der Waals surface area contributed by atoms with Gasteiger partial charge in [-0.1, -0.05) is 6.07 Å². The van der Waals surface area contributed by atoms with Gasteiger partial charge in [0.25, 0.3) is 0 Å². The summed E-state index contributed by atoms with van der Waals surface area (Å²) in [5.41, 5.74) is 2.37. The van der Waals surface area contributed by atoms with Crippen molar-refractivity contribution in [1.29, 1.82) is 0 Å². The maximum absolute atomic E-state index is 5.57. The fourth-order valence-electron chi connectivity index (χ4n) is 1.85. The van der Waals surface area contributed by atoms with Gasteiger partial charge in [0, 0.05) is 25.5 Å². The predicted molar refractivity (Wildman–Crippen MR) is 87.8 cm³/mol. The summed E-state index contributed by atoms with van der Waals surface area (Å²) in [6, 6.07) is 8.16. The predicted octanol–water partition coefficient (Wildman–Crippen LogP) is 4.30. The Hall–Kier alpha value is -0.910. The molecule has 3 nitrogen and oxygen atoms in total. The highest BCUT2D eigenvalue weighted by atomic mass is 79.9. The minimum Gasteiger partial charge on any atom is -0.492 e. The first-order valence-electron chi connectivity index (χ1n) is 6.41. The van der Waals surface area contributed by atoms with Crippen molar-refractivity contribution in [2.24, 2.45) is 0 Å². The summed E-state index contributed by atoms with van der Waals surface area (Å²) in [6.07, 6.45) is 3.65. The van der Waals surface area contributed by atoms with Gasteiger partial charge in [-0.15, -0.1) is 0 Å². The molecule has 0 radical (unpaired) electrons. The highest BCUT2D eigenvalue weighted by Crippen LogP contribution is 2.34. The molecule has 0 saturated carbocycles. The molecule has 2 aromatic rings. The van der Waals surface area contributed by atoms with Crippen LogP contribution >= 0.6 is 31.9 Å². The average Bonchev–Trinajstić information content (AvgIpc) is 2.44. The molecule has 1 heterocycles. The zero-order chi connectivity index (χ0) is 14.4. The normalized spacial score (nSPS) is 10.6. The van der Waals surface area contributed by atoms with Gasteiger partial charge in [-0.3, -0.25) is 4.98 Å². The quantitative estimate of drug-likeness (QED) is 0.786. The second kappa shape index (κ2) is 7.76. The van der Waals surface area contributed by atoms with E-state index < -0.39 is 0 Å². The van der Waals surface area contributed by atoms with E-state index in [0.717, 1.165) is 27.8 Å². The molecule has 0 aliphatic rings. The first kappa shape index (κ1) is 15.5. The van der Waals surface area contributed by atoms with E-state index in [1.807, 2.05) is 19.2 Å². The minimum atomic E-state index is 0.649. The Balaban J connectivity index is 1.96. The van der Waals surface area contributed by atoms with Gasteiger partial charge in [-0.25, -0.2) is 0 Å². The molecule has 0 atom stereocenters. The smallest absolute Gasteiger partial charge is 0.147 e. The fraction of sp³-hybridized carbons (Fsp3) is 0.267. The number of rotatable bonds is 6. The summed E-state index contributed by atoms with van der Waals surface area (Å²) in [6.45, 7) is 4.22. The molecular formula is C15H16Br2N2O. The Morgan fingerprint density at radius 2 is 1.85 bits per heavy atom. The van der Waals surface area contributed by atoms with Gasteiger partial charge in [0.1, 0.15) is 5.75 Å². The number of aromatic nitrogens is 1. The van der Waals surface area contributed by atoms with Crippen LogP contribution in [-0.2, 0) is 13.1 Å². The largest absolute Gasteiger partial charge is 0.492 e. The summed E-state index contributed by atoms with van der Waals surface area (Å²) in [7, 11) is 0. The number of benzene rings is 1. The molecule has 0 spiro atoms. The molecule has 5 heteroatoms. The number of pyridine rings is 1. The lowest BCUT2D eigenvalue weighted by Gasteiger charge is -2.11. The van der Waals surface area contributed by atoms with E-state index in [4.69, 9.17) is 4.74 Å². The molecule has 1 aromatic carbocycles. The Kier molecular flexibility index (Phi) is 6.01. The Labute approximate surface area is 136 Å². The monoisotopic (exact) mass is 398 g/mol. The van der Waals surface area contributed by atoms with E-state index >= 15 is 0 Å². The van der Waals surface area contributed by atoms with Crippen LogP contribution in [0.2, 0.25) is 0 Å². The number of hydrogen-bond donors (Lipinski definition) is 1. The van der Waals surface area contributed by atoms with Crippen molar-refractivity contribution in [3.8, 4) is 5.75 Å². The molecule has 0 unspecified atom stereocenters. The molecule has 0 fully saturated rings. The Bertz CT molecular complexity index is 538. The van der Waals surface area contributed by atoms with Crippen LogP contribution in [0.15, 0.2) is 45.6 Å². The summed E-state index contributed by atoms with van der Waals surface area (Å²) in [5, 5.41) is 3.40. The number of nitrogens with zero attached hydrogens (tertiary/aromatic N) is 1. The summed E-state index contributed by atoms with van der Waals surface area (Å²) >= 11 is 7.09. The summed E-state index contributed by atoms with van der Waals surface area (Å²) in [5.74, 6) is 0.850. The second-order valence-electron chi connectivity index (χ2n) is 4.29. The van der Waals surface area contributed by atoms with Gasteiger partial charge in [0.2, 0.25) is 0 Å². The van der Waals surface area contributed by atoms with Gasteiger partial charge in [0.15, 0.2) is 0 Å². The van der Waals surface area contributed by atoms with E-state index in [2.05, 4.69) is 60.4 Å². The first-order valence-corrected chi connectivity index (χ1v) is 7.99. The van der Waals surface area contributed by atoms with Crippen molar-refractivity contribution in [2.45, 2.75) is 20.0 Å². The topological polar surface area (TPSA) is 34.1 Å². The third-order valence-corrected chi connectivity index (χ3v) is 3.91. The lowest BCUT2D eigenvalue weighted by Crippen LogP contribution is -2.13. The van der Waals surface area contributed by atoms with Crippen LogP contribution in [0.5, 0.6) is 5.75 Å². The molecule has 1 N–H and O–H groups in total. The highest BCUT2D eigenvalue weighted by molar-refractivity contribution is 9.11. The molecule has 106 valence electrons. The van der Waals surface area contributed by atoms with Gasteiger partial charge in [-0.2, -0.15) is 0 Å². The van der Waals surface area contributed by atoms with Crippen LogP contribution in [0.3, 0.4) is 0 Å². The van der Waals surface area contributed by atoms with Crippen molar-refractivity contribution in [3.05, 3.63) is 56.7 Å². The zero-order valence-corrected chi connectivity index (χ0v) is 14.4.